The van der Waals surface area contributed by atoms with Crippen molar-refractivity contribution in [3.05, 3.63) is 64.7 Å². The van der Waals surface area contributed by atoms with Gasteiger partial charge in [0, 0.05) is 12.2 Å². The molecule has 5 heteroatoms. The number of halogens is 1. The highest BCUT2D eigenvalue weighted by Gasteiger charge is 2.35. The average molecular weight is 343 g/mol. The van der Waals surface area contributed by atoms with Crippen LogP contribution in [0.2, 0.25) is 5.02 Å². The summed E-state index contributed by atoms with van der Waals surface area (Å²) in [5.74, 6) is -0.346. The second-order valence-corrected chi connectivity index (χ2v) is 6.40. The standard InChI is InChI=1S/C19H19ClN2O2/c1-13-6-4-7-14(12-13)21-18(23)17-10-5-11-22(17)19(24)15-8-2-3-9-16(15)20/h2-4,6-9,12,17H,5,10-11H2,1H3,(H,21,23)/t17-/m0/s1. The summed E-state index contributed by atoms with van der Waals surface area (Å²) in [5, 5.41) is 3.32. The molecule has 124 valence electrons. The number of hydrogen-bond acceptors (Lipinski definition) is 2. The lowest BCUT2D eigenvalue weighted by molar-refractivity contribution is -0.119. The van der Waals surface area contributed by atoms with E-state index in [1.54, 1.807) is 29.2 Å². The molecule has 1 aliphatic rings. The number of nitrogens with one attached hydrogen (secondary N) is 1. The van der Waals surface area contributed by atoms with Gasteiger partial charge >= 0.3 is 0 Å². The third-order valence-electron chi connectivity index (χ3n) is 4.21. The molecule has 0 aromatic heterocycles. The molecule has 2 aromatic rings. The Bertz CT molecular complexity index is 775. The first-order chi connectivity index (χ1) is 11.6. The van der Waals surface area contributed by atoms with Crippen molar-refractivity contribution >= 4 is 29.1 Å². The largest absolute Gasteiger partial charge is 0.327 e. The van der Waals surface area contributed by atoms with Crippen molar-refractivity contribution in [3.63, 3.8) is 0 Å². The number of aryl methyl sites for hydroxylation is 1. The number of nitrogens with zero attached hydrogens (tertiary/aromatic N) is 1. The number of rotatable bonds is 3. The van der Waals surface area contributed by atoms with E-state index in [1.165, 1.54) is 0 Å². The number of amides is 2. The van der Waals surface area contributed by atoms with Gasteiger partial charge in [0.25, 0.3) is 5.91 Å². The predicted octanol–water partition coefficient (Wildman–Crippen LogP) is 3.89. The smallest absolute Gasteiger partial charge is 0.256 e. The van der Waals surface area contributed by atoms with Crippen LogP contribution in [-0.2, 0) is 4.79 Å². The summed E-state index contributed by atoms with van der Waals surface area (Å²) in [4.78, 5) is 27.0. The molecule has 1 atom stereocenters. The zero-order chi connectivity index (χ0) is 17.1. The molecule has 1 fully saturated rings. The van der Waals surface area contributed by atoms with Gasteiger partial charge in [0.05, 0.1) is 10.6 Å². The molecule has 0 spiro atoms. The Morgan fingerprint density at radius 3 is 2.71 bits per heavy atom. The molecule has 0 aliphatic carbocycles. The molecular formula is C19H19ClN2O2. The van der Waals surface area contributed by atoms with Gasteiger partial charge in [-0.05, 0) is 49.6 Å². The Morgan fingerprint density at radius 2 is 1.96 bits per heavy atom. The van der Waals surface area contributed by atoms with Gasteiger partial charge in [-0.15, -0.1) is 0 Å². The Hall–Kier alpha value is -2.33. The lowest BCUT2D eigenvalue weighted by atomic mass is 10.1. The normalized spacial score (nSPS) is 16.9. The van der Waals surface area contributed by atoms with Gasteiger partial charge < -0.3 is 10.2 Å². The first-order valence-electron chi connectivity index (χ1n) is 7.99. The monoisotopic (exact) mass is 342 g/mol. The number of likely N-dealkylation sites (tertiary alicyclic amines) is 1. The summed E-state index contributed by atoms with van der Waals surface area (Å²) in [6.07, 6.45) is 1.47. The number of carbonyl (C=O) groups excluding carboxylic acids is 2. The quantitative estimate of drug-likeness (QED) is 0.919. The zero-order valence-corrected chi connectivity index (χ0v) is 14.2. The topological polar surface area (TPSA) is 49.4 Å². The lowest BCUT2D eigenvalue weighted by Crippen LogP contribution is -2.43. The molecule has 24 heavy (non-hydrogen) atoms. The fraction of sp³-hybridized carbons (Fsp3) is 0.263. The van der Waals surface area contributed by atoms with E-state index in [9.17, 15) is 9.59 Å². The fourth-order valence-electron chi connectivity index (χ4n) is 3.02. The molecule has 4 nitrogen and oxygen atoms in total. The zero-order valence-electron chi connectivity index (χ0n) is 13.5. The van der Waals surface area contributed by atoms with Crippen LogP contribution in [0.4, 0.5) is 5.69 Å². The van der Waals surface area contributed by atoms with Crippen molar-refractivity contribution in [2.75, 3.05) is 11.9 Å². The van der Waals surface area contributed by atoms with E-state index >= 15 is 0 Å². The molecule has 0 radical (unpaired) electrons. The molecule has 0 bridgehead atoms. The van der Waals surface area contributed by atoms with Crippen LogP contribution < -0.4 is 5.32 Å². The Kier molecular flexibility index (Phi) is 4.86. The molecule has 2 aromatic carbocycles. The van der Waals surface area contributed by atoms with Crippen LogP contribution in [0.3, 0.4) is 0 Å². The maximum absolute atomic E-state index is 12.8. The molecule has 3 rings (SSSR count). The van der Waals surface area contributed by atoms with Crippen molar-refractivity contribution < 1.29 is 9.59 Å². The van der Waals surface area contributed by atoms with E-state index in [0.29, 0.717) is 23.6 Å². The lowest BCUT2D eigenvalue weighted by Gasteiger charge is -2.24. The molecule has 0 saturated carbocycles. The van der Waals surface area contributed by atoms with Gasteiger partial charge in [0.15, 0.2) is 0 Å². The molecule has 2 amide bonds. The minimum atomic E-state index is -0.464. The molecule has 1 N–H and O–H groups in total. The van der Waals surface area contributed by atoms with E-state index in [2.05, 4.69) is 5.32 Å². The van der Waals surface area contributed by atoms with Crippen molar-refractivity contribution in [2.45, 2.75) is 25.8 Å². The second-order valence-electron chi connectivity index (χ2n) is 6.00. The Balaban J connectivity index is 1.76. The van der Waals surface area contributed by atoms with Crippen LogP contribution in [-0.4, -0.2) is 29.3 Å². The third-order valence-corrected chi connectivity index (χ3v) is 4.54. The Labute approximate surface area is 146 Å². The van der Waals surface area contributed by atoms with Gasteiger partial charge in [-0.2, -0.15) is 0 Å². The average Bonchev–Trinajstić information content (AvgIpc) is 3.04. The molecule has 1 aliphatic heterocycles. The summed E-state index contributed by atoms with van der Waals surface area (Å²) < 4.78 is 0. The second kappa shape index (κ2) is 7.05. The van der Waals surface area contributed by atoms with Crippen molar-refractivity contribution in [1.29, 1.82) is 0 Å². The van der Waals surface area contributed by atoms with Gasteiger partial charge in [-0.25, -0.2) is 0 Å². The number of anilines is 1. The highest BCUT2D eigenvalue weighted by atomic mass is 35.5. The van der Waals surface area contributed by atoms with Crippen LogP contribution in [0, 0.1) is 6.92 Å². The number of hydrogen-bond donors (Lipinski definition) is 1. The van der Waals surface area contributed by atoms with Crippen LogP contribution in [0.15, 0.2) is 48.5 Å². The first-order valence-corrected chi connectivity index (χ1v) is 8.37. The van der Waals surface area contributed by atoms with Gasteiger partial charge in [-0.1, -0.05) is 35.9 Å². The minimum absolute atomic E-state index is 0.154. The summed E-state index contributed by atoms with van der Waals surface area (Å²) >= 11 is 6.12. The SMILES string of the molecule is Cc1cccc(NC(=O)[C@@H]2CCCN2C(=O)c2ccccc2Cl)c1. The highest BCUT2D eigenvalue weighted by Crippen LogP contribution is 2.25. The third kappa shape index (κ3) is 3.44. The summed E-state index contributed by atoms with van der Waals surface area (Å²) in [7, 11) is 0. The van der Waals surface area contributed by atoms with E-state index in [4.69, 9.17) is 11.6 Å². The van der Waals surface area contributed by atoms with Gasteiger partial charge in [0.1, 0.15) is 6.04 Å². The summed E-state index contributed by atoms with van der Waals surface area (Å²) in [6.45, 7) is 2.54. The maximum atomic E-state index is 12.8. The maximum Gasteiger partial charge on any atom is 0.256 e. The van der Waals surface area contributed by atoms with Crippen molar-refractivity contribution in [2.24, 2.45) is 0 Å². The van der Waals surface area contributed by atoms with E-state index in [-0.39, 0.29) is 11.8 Å². The molecule has 1 heterocycles. The molecule has 0 unspecified atom stereocenters. The van der Waals surface area contributed by atoms with Crippen LogP contribution in [0.1, 0.15) is 28.8 Å². The van der Waals surface area contributed by atoms with E-state index in [1.807, 2.05) is 31.2 Å². The number of carbonyl (C=O) groups is 2. The van der Waals surface area contributed by atoms with Crippen molar-refractivity contribution in [1.82, 2.24) is 4.90 Å². The highest BCUT2D eigenvalue weighted by molar-refractivity contribution is 6.33. The van der Waals surface area contributed by atoms with Crippen molar-refractivity contribution in [3.8, 4) is 0 Å². The molecular weight excluding hydrogens is 324 g/mol. The van der Waals surface area contributed by atoms with Crippen LogP contribution >= 0.6 is 11.6 Å². The number of benzene rings is 2. The first kappa shape index (κ1) is 16.5. The van der Waals surface area contributed by atoms with E-state index in [0.717, 1.165) is 17.7 Å². The van der Waals surface area contributed by atoms with Gasteiger partial charge in [0.2, 0.25) is 5.91 Å². The summed E-state index contributed by atoms with van der Waals surface area (Å²) in [5.41, 5.74) is 2.26. The van der Waals surface area contributed by atoms with E-state index < -0.39 is 6.04 Å². The van der Waals surface area contributed by atoms with Crippen LogP contribution in [0.5, 0.6) is 0 Å². The summed E-state index contributed by atoms with van der Waals surface area (Å²) in [6, 6.07) is 14.1. The molecule has 1 saturated heterocycles. The predicted molar refractivity (Wildman–Crippen MR) is 95.3 cm³/mol. The fourth-order valence-corrected chi connectivity index (χ4v) is 3.24. The Morgan fingerprint density at radius 1 is 1.17 bits per heavy atom. The van der Waals surface area contributed by atoms with Crippen LogP contribution in [0.25, 0.3) is 0 Å². The minimum Gasteiger partial charge on any atom is -0.327 e. The van der Waals surface area contributed by atoms with Gasteiger partial charge in [-0.3, -0.25) is 9.59 Å².